The monoisotopic (exact) mass is 265 g/mol. The number of aromatic nitrogens is 2. The molecule has 0 saturated carbocycles. The number of ether oxygens (including phenoxy) is 1. The normalized spacial score (nSPS) is 12.2. The number of benzene rings is 1. The quantitative estimate of drug-likeness (QED) is 0.919. The molecule has 0 fully saturated rings. The summed E-state index contributed by atoms with van der Waals surface area (Å²) in [5, 5.41) is 10.7. The van der Waals surface area contributed by atoms with Gasteiger partial charge < -0.3 is 10.1 Å². The number of nitrogens with one attached hydrogen (secondary N) is 1. The van der Waals surface area contributed by atoms with E-state index in [1.54, 1.807) is 19.2 Å². The lowest BCUT2D eigenvalue weighted by Crippen LogP contribution is -2.20. The van der Waals surface area contributed by atoms with Crippen LogP contribution in [0, 0.1) is 11.6 Å². The van der Waals surface area contributed by atoms with Crippen molar-refractivity contribution >= 4 is 0 Å². The first-order valence-corrected chi connectivity index (χ1v) is 5.65. The summed E-state index contributed by atoms with van der Waals surface area (Å²) in [5.41, 5.74) is 0.831. The highest BCUT2D eigenvalue weighted by Crippen LogP contribution is 2.23. The molecule has 6 heteroatoms. The summed E-state index contributed by atoms with van der Waals surface area (Å²) in [4.78, 5) is 0. The van der Waals surface area contributed by atoms with Crippen LogP contribution in [0.2, 0.25) is 0 Å². The smallest absolute Gasteiger partial charge is 0.233 e. The van der Waals surface area contributed by atoms with Gasteiger partial charge in [-0.3, -0.25) is 0 Å². The summed E-state index contributed by atoms with van der Waals surface area (Å²) in [6.07, 6.45) is 0. The Balaban J connectivity index is 2.37. The van der Waals surface area contributed by atoms with Crippen LogP contribution >= 0.6 is 0 Å². The lowest BCUT2D eigenvalue weighted by atomic mass is 10.0. The van der Waals surface area contributed by atoms with Crippen LogP contribution in [0.5, 0.6) is 5.88 Å². The minimum Gasteiger partial charge on any atom is -0.480 e. The Bertz CT molecular complexity index is 560. The van der Waals surface area contributed by atoms with Crippen molar-refractivity contribution in [2.45, 2.75) is 6.04 Å². The molecule has 0 aliphatic carbocycles. The average Bonchev–Trinajstić information content (AvgIpc) is 2.42. The maximum Gasteiger partial charge on any atom is 0.233 e. The first-order chi connectivity index (χ1) is 9.15. The summed E-state index contributed by atoms with van der Waals surface area (Å²) in [7, 11) is 3.15. The second kappa shape index (κ2) is 5.71. The Morgan fingerprint density at radius 2 is 1.95 bits per heavy atom. The minimum atomic E-state index is -0.628. The minimum absolute atomic E-state index is 0.309. The van der Waals surface area contributed by atoms with Crippen LogP contribution in [0.4, 0.5) is 8.78 Å². The molecule has 2 aromatic rings. The molecule has 0 spiro atoms. The van der Waals surface area contributed by atoms with Gasteiger partial charge in [0.2, 0.25) is 5.88 Å². The van der Waals surface area contributed by atoms with Crippen LogP contribution in [-0.4, -0.2) is 24.4 Å². The molecule has 19 heavy (non-hydrogen) atoms. The summed E-state index contributed by atoms with van der Waals surface area (Å²) in [6.45, 7) is 0. The highest BCUT2D eigenvalue weighted by atomic mass is 19.1. The highest BCUT2D eigenvalue weighted by molar-refractivity contribution is 5.29. The summed E-state index contributed by atoms with van der Waals surface area (Å²) < 4.78 is 31.6. The predicted octanol–water partition coefficient (Wildman–Crippen LogP) is 2.07. The Labute approximate surface area is 109 Å². The molecule has 1 N–H and O–H groups in total. The van der Waals surface area contributed by atoms with E-state index in [-0.39, 0.29) is 0 Å². The fourth-order valence-corrected chi connectivity index (χ4v) is 1.79. The molecule has 1 heterocycles. The molecule has 0 aliphatic rings. The first-order valence-electron chi connectivity index (χ1n) is 5.65. The zero-order chi connectivity index (χ0) is 13.8. The molecule has 4 nitrogen and oxygen atoms in total. The molecule has 2 rings (SSSR count). The predicted molar refractivity (Wildman–Crippen MR) is 65.8 cm³/mol. The summed E-state index contributed by atoms with van der Waals surface area (Å²) in [5.74, 6) is -0.868. The van der Waals surface area contributed by atoms with Crippen molar-refractivity contribution in [3.05, 3.63) is 53.2 Å². The molecular weight excluding hydrogens is 252 g/mol. The van der Waals surface area contributed by atoms with Gasteiger partial charge in [-0.1, -0.05) is 6.07 Å². The molecule has 0 bridgehead atoms. The van der Waals surface area contributed by atoms with Gasteiger partial charge >= 0.3 is 0 Å². The second-order valence-corrected chi connectivity index (χ2v) is 3.89. The van der Waals surface area contributed by atoms with Gasteiger partial charge in [0.25, 0.3) is 0 Å². The van der Waals surface area contributed by atoms with Gasteiger partial charge in [0, 0.05) is 17.7 Å². The number of hydrogen-bond acceptors (Lipinski definition) is 4. The van der Waals surface area contributed by atoms with Gasteiger partial charge in [-0.05, 0) is 19.2 Å². The largest absolute Gasteiger partial charge is 0.480 e. The van der Waals surface area contributed by atoms with E-state index in [1.165, 1.54) is 19.2 Å². The van der Waals surface area contributed by atoms with Crippen LogP contribution < -0.4 is 10.1 Å². The summed E-state index contributed by atoms with van der Waals surface area (Å²) >= 11 is 0. The van der Waals surface area contributed by atoms with Gasteiger partial charge in [-0.25, -0.2) is 8.78 Å². The van der Waals surface area contributed by atoms with Gasteiger partial charge in [-0.15, -0.1) is 10.2 Å². The maximum absolute atomic E-state index is 13.8. The number of nitrogens with zero attached hydrogens (tertiary/aromatic N) is 2. The van der Waals surface area contributed by atoms with Crippen molar-refractivity contribution in [3.63, 3.8) is 0 Å². The fraction of sp³-hybridized carbons (Fsp3) is 0.231. The maximum atomic E-state index is 13.8. The number of halogens is 2. The highest BCUT2D eigenvalue weighted by Gasteiger charge is 2.18. The Kier molecular flexibility index (Phi) is 4.01. The average molecular weight is 265 g/mol. The van der Waals surface area contributed by atoms with E-state index in [0.29, 0.717) is 17.1 Å². The zero-order valence-electron chi connectivity index (χ0n) is 10.5. The third-order valence-corrected chi connectivity index (χ3v) is 2.73. The Hall–Kier alpha value is -2.08. The van der Waals surface area contributed by atoms with Crippen LogP contribution in [0.3, 0.4) is 0 Å². The zero-order valence-corrected chi connectivity index (χ0v) is 10.5. The molecule has 1 atom stereocenters. The number of rotatable bonds is 4. The van der Waals surface area contributed by atoms with Gasteiger partial charge in [0.1, 0.15) is 11.6 Å². The van der Waals surface area contributed by atoms with E-state index in [2.05, 4.69) is 15.5 Å². The molecule has 1 aromatic heterocycles. The van der Waals surface area contributed by atoms with Crippen molar-refractivity contribution in [1.29, 1.82) is 0 Å². The van der Waals surface area contributed by atoms with E-state index >= 15 is 0 Å². The standard InChI is InChI=1S/C13H13F2N3O/c1-16-13(9-4-3-8(14)7-10(9)15)11-5-6-12(19-2)18-17-11/h3-7,13,16H,1-2H3. The van der Waals surface area contributed by atoms with E-state index in [9.17, 15) is 8.78 Å². The van der Waals surface area contributed by atoms with Crippen LogP contribution in [0.25, 0.3) is 0 Å². The van der Waals surface area contributed by atoms with E-state index in [0.717, 1.165) is 6.07 Å². The molecule has 0 aliphatic heterocycles. The molecular formula is C13H13F2N3O. The molecule has 1 aromatic carbocycles. The van der Waals surface area contributed by atoms with Crippen molar-refractivity contribution < 1.29 is 13.5 Å². The number of methoxy groups -OCH3 is 1. The molecule has 0 saturated heterocycles. The SMILES string of the molecule is CNC(c1ccc(OC)nn1)c1ccc(F)cc1F. The lowest BCUT2D eigenvalue weighted by molar-refractivity contribution is 0.390. The molecule has 1 unspecified atom stereocenters. The molecule has 100 valence electrons. The van der Waals surface area contributed by atoms with Crippen LogP contribution in [0.1, 0.15) is 17.3 Å². The topological polar surface area (TPSA) is 47.0 Å². The molecule has 0 amide bonds. The van der Waals surface area contributed by atoms with E-state index < -0.39 is 17.7 Å². The Morgan fingerprint density at radius 1 is 1.16 bits per heavy atom. The van der Waals surface area contributed by atoms with Gasteiger partial charge in [0.05, 0.1) is 18.8 Å². The van der Waals surface area contributed by atoms with Crippen LogP contribution in [0.15, 0.2) is 30.3 Å². The first kappa shape index (κ1) is 13.4. The third kappa shape index (κ3) is 2.85. The van der Waals surface area contributed by atoms with Crippen molar-refractivity contribution in [3.8, 4) is 5.88 Å². The Morgan fingerprint density at radius 3 is 2.47 bits per heavy atom. The van der Waals surface area contributed by atoms with Crippen molar-refractivity contribution in [2.24, 2.45) is 0 Å². The van der Waals surface area contributed by atoms with Crippen LogP contribution in [-0.2, 0) is 0 Å². The van der Waals surface area contributed by atoms with Gasteiger partial charge in [-0.2, -0.15) is 0 Å². The number of hydrogen-bond donors (Lipinski definition) is 1. The molecule has 0 radical (unpaired) electrons. The van der Waals surface area contributed by atoms with Crippen molar-refractivity contribution in [1.82, 2.24) is 15.5 Å². The fourth-order valence-electron chi connectivity index (χ4n) is 1.79. The lowest BCUT2D eigenvalue weighted by Gasteiger charge is -2.16. The third-order valence-electron chi connectivity index (χ3n) is 2.73. The van der Waals surface area contributed by atoms with Gasteiger partial charge in [0.15, 0.2) is 0 Å². The van der Waals surface area contributed by atoms with E-state index in [4.69, 9.17) is 4.74 Å². The summed E-state index contributed by atoms with van der Waals surface area (Å²) in [6, 6.07) is 6.25. The van der Waals surface area contributed by atoms with E-state index in [1.807, 2.05) is 0 Å². The van der Waals surface area contributed by atoms with Crippen molar-refractivity contribution in [2.75, 3.05) is 14.2 Å². The second-order valence-electron chi connectivity index (χ2n) is 3.89.